The van der Waals surface area contributed by atoms with E-state index in [0.717, 1.165) is 25.7 Å². The summed E-state index contributed by atoms with van der Waals surface area (Å²) in [5.41, 5.74) is 0. The molecule has 84 valence electrons. The monoisotopic (exact) mass is 203 g/mol. The van der Waals surface area contributed by atoms with Crippen molar-refractivity contribution in [1.82, 2.24) is 0 Å². The topological polar surface area (TPSA) is 58.6 Å². The smallest absolute Gasteiger partial charge is 0.132 e. The fourth-order valence-electron chi connectivity index (χ4n) is 0.928. The number of aliphatic carboxylic acids is 1. The van der Waals surface area contributed by atoms with Gasteiger partial charge >= 0.3 is 0 Å². The van der Waals surface area contributed by atoms with E-state index >= 15 is 0 Å². The molecule has 4 heteroatoms. The predicted octanol–water partition coefficient (Wildman–Crippen LogP) is 1.04. The lowest BCUT2D eigenvalue weighted by Crippen LogP contribution is -2.37. The molecular weight excluding hydrogens is 184 g/mol. The lowest BCUT2D eigenvalue weighted by atomic mass is 10.2. The molecule has 0 radical (unpaired) electrons. The maximum absolute atomic E-state index is 10.6. The van der Waals surface area contributed by atoms with E-state index in [9.17, 15) is 9.90 Å². The molecule has 14 heavy (non-hydrogen) atoms. The number of carbonyl (C=O) groups excluding carboxylic acids is 1. The number of hydrogen-bond donors (Lipinski definition) is 0. The van der Waals surface area contributed by atoms with Crippen molar-refractivity contribution in [3.8, 4) is 0 Å². The van der Waals surface area contributed by atoms with Crippen LogP contribution in [0.2, 0.25) is 0 Å². The highest BCUT2D eigenvalue weighted by molar-refractivity contribution is 5.69. The van der Waals surface area contributed by atoms with Crippen molar-refractivity contribution in [3.05, 3.63) is 0 Å². The molecule has 0 aliphatic carbocycles. The quantitative estimate of drug-likeness (QED) is 0.319. The fraction of sp³-hybridized carbons (Fsp3) is 0.900. The van der Waals surface area contributed by atoms with Crippen LogP contribution in [0.15, 0.2) is 0 Å². The highest BCUT2D eigenvalue weighted by atomic mass is 17.2. The Morgan fingerprint density at radius 1 is 1.29 bits per heavy atom. The van der Waals surface area contributed by atoms with Gasteiger partial charge in [-0.05, 0) is 12.8 Å². The zero-order valence-corrected chi connectivity index (χ0v) is 8.95. The summed E-state index contributed by atoms with van der Waals surface area (Å²) < 4.78 is 0. The molecule has 1 atom stereocenters. The summed E-state index contributed by atoms with van der Waals surface area (Å²) in [6.07, 6.45) is 3.12. The van der Waals surface area contributed by atoms with Crippen molar-refractivity contribution in [2.24, 2.45) is 0 Å². The first-order valence-electron chi connectivity index (χ1n) is 5.21. The summed E-state index contributed by atoms with van der Waals surface area (Å²) in [4.78, 5) is 20.1. The lowest BCUT2D eigenvalue weighted by Gasteiger charge is -2.16. The number of carboxylic acids is 1. The molecule has 0 aliphatic heterocycles. The molecule has 0 saturated carbocycles. The van der Waals surface area contributed by atoms with Gasteiger partial charge in [0.15, 0.2) is 0 Å². The Kier molecular flexibility index (Phi) is 8.57. The van der Waals surface area contributed by atoms with Gasteiger partial charge in [-0.3, -0.25) is 0 Å². The Morgan fingerprint density at radius 3 is 2.43 bits per heavy atom. The van der Waals surface area contributed by atoms with Crippen LogP contribution in [0, 0.1) is 0 Å². The summed E-state index contributed by atoms with van der Waals surface area (Å²) in [5, 5.41) is 10.6. The molecule has 0 saturated heterocycles. The van der Waals surface area contributed by atoms with Gasteiger partial charge in [0.1, 0.15) is 6.10 Å². The van der Waals surface area contributed by atoms with Crippen LogP contribution in [-0.2, 0) is 14.6 Å². The Labute approximate surface area is 85.1 Å². The number of unbranched alkanes of at least 4 members (excludes halogenated alkanes) is 2. The van der Waals surface area contributed by atoms with Crippen LogP contribution in [0.3, 0.4) is 0 Å². The average molecular weight is 203 g/mol. The van der Waals surface area contributed by atoms with Crippen molar-refractivity contribution in [3.63, 3.8) is 0 Å². The highest BCUT2D eigenvalue weighted by Crippen LogP contribution is 2.05. The van der Waals surface area contributed by atoms with Crippen LogP contribution in [0.1, 0.15) is 46.0 Å². The first-order chi connectivity index (χ1) is 6.72. The summed E-state index contributed by atoms with van der Waals surface area (Å²) in [6, 6.07) is 0. The molecule has 0 heterocycles. The van der Waals surface area contributed by atoms with Gasteiger partial charge in [-0.2, -0.15) is 0 Å². The number of carbonyl (C=O) groups is 1. The second-order valence-electron chi connectivity index (χ2n) is 3.22. The molecule has 0 aliphatic rings. The third-order valence-corrected chi connectivity index (χ3v) is 1.85. The molecule has 0 N–H and O–H groups in total. The largest absolute Gasteiger partial charge is 0.547 e. The molecule has 0 amide bonds. The van der Waals surface area contributed by atoms with E-state index in [2.05, 4.69) is 0 Å². The number of carboxylic acid groups (broad SMARTS) is 1. The summed E-state index contributed by atoms with van der Waals surface area (Å²) in [5.74, 6) is -1.20. The van der Waals surface area contributed by atoms with Gasteiger partial charge in [0, 0.05) is 0 Å². The van der Waals surface area contributed by atoms with Gasteiger partial charge in [-0.25, -0.2) is 9.78 Å². The Hall–Kier alpha value is -0.610. The Bertz CT molecular complexity index is 147. The zero-order chi connectivity index (χ0) is 10.8. The molecule has 0 rings (SSSR count). The molecule has 0 spiro atoms. The molecular formula is C10H19O4-. The van der Waals surface area contributed by atoms with Gasteiger partial charge in [0.25, 0.3) is 0 Å². The van der Waals surface area contributed by atoms with Gasteiger partial charge in [-0.15, -0.1) is 0 Å². The van der Waals surface area contributed by atoms with E-state index in [-0.39, 0.29) is 0 Å². The van der Waals surface area contributed by atoms with Crippen LogP contribution < -0.4 is 5.11 Å². The predicted molar refractivity (Wildman–Crippen MR) is 50.3 cm³/mol. The number of hydrogen-bond acceptors (Lipinski definition) is 4. The first-order valence-corrected chi connectivity index (χ1v) is 5.21. The van der Waals surface area contributed by atoms with Crippen LogP contribution in [-0.4, -0.2) is 18.7 Å². The summed E-state index contributed by atoms with van der Waals surface area (Å²) in [7, 11) is 0. The molecule has 0 fully saturated rings. The van der Waals surface area contributed by atoms with E-state index in [1.807, 2.05) is 13.8 Å². The summed E-state index contributed by atoms with van der Waals surface area (Å²) >= 11 is 0. The van der Waals surface area contributed by atoms with Gasteiger partial charge in [0.2, 0.25) is 0 Å². The fourth-order valence-corrected chi connectivity index (χ4v) is 0.928. The molecule has 4 nitrogen and oxygen atoms in total. The minimum absolute atomic E-state index is 0.437. The van der Waals surface area contributed by atoms with Gasteiger partial charge in [-0.1, -0.05) is 33.1 Å². The van der Waals surface area contributed by atoms with Crippen molar-refractivity contribution in [1.29, 1.82) is 0 Å². The molecule has 0 aromatic carbocycles. The van der Waals surface area contributed by atoms with Crippen LogP contribution in [0.5, 0.6) is 0 Å². The third-order valence-electron chi connectivity index (χ3n) is 1.85. The molecule has 1 unspecified atom stereocenters. The maximum atomic E-state index is 10.6. The molecule has 0 bridgehead atoms. The number of rotatable bonds is 9. The normalized spacial score (nSPS) is 12.7. The van der Waals surface area contributed by atoms with Crippen LogP contribution in [0.4, 0.5) is 0 Å². The van der Waals surface area contributed by atoms with Gasteiger partial charge < -0.3 is 9.90 Å². The minimum atomic E-state index is -1.20. The lowest BCUT2D eigenvalue weighted by molar-refractivity contribution is -0.364. The van der Waals surface area contributed by atoms with E-state index < -0.39 is 12.1 Å². The maximum Gasteiger partial charge on any atom is 0.132 e. The Morgan fingerprint density at radius 2 is 1.93 bits per heavy atom. The molecule has 0 aromatic rings. The standard InChI is InChI=1S/C10H20O4/c1-3-5-7-9(10(11)12)14-13-8-6-4-2/h9H,3-8H2,1-2H3,(H,11,12)/p-1. The van der Waals surface area contributed by atoms with Crippen molar-refractivity contribution >= 4 is 5.97 Å². The zero-order valence-electron chi connectivity index (χ0n) is 8.95. The Balaban J connectivity index is 3.57. The third kappa shape index (κ3) is 6.86. The molecule has 0 aromatic heterocycles. The average Bonchev–Trinajstić information content (AvgIpc) is 2.16. The van der Waals surface area contributed by atoms with Crippen LogP contribution >= 0.6 is 0 Å². The van der Waals surface area contributed by atoms with E-state index in [0.29, 0.717) is 13.0 Å². The van der Waals surface area contributed by atoms with Crippen molar-refractivity contribution < 1.29 is 19.7 Å². The highest BCUT2D eigenvalue weighted by Gasteiger charge is 2.10. The van der Waals surface area contributed by atoms with Crippen molar-refractivity contribution in [2.45, 2.75) is 52.1 Å². The first kappa shape index (κ1) is 13.4. The minimum Gasteiger partial charge on any atom is -0.547 e. The van der Waals surface area contributed by atoms with Crippen molar-refractivity contribution in [2.75, 3.05) is 6.61 Å². The van der Waals surface area contributed by atoms with Crippen LogP contribution in [0.25, 0.3) is 0 Å². The SMILES string of the molecule is CCCCOOC(CCCC)C(=O)[O-]. The second-order valence-corrected chi connectivity index (χ2v) is 3.22. The summed E-state index contributed by atoms with van der Waals surface area (Å²) in [6.45, 7) is 4.45. The van der Waals surface area contributed by atoms with E-state index in [1.54, 1.807) is 0 Å². The van der Waals surface area contributed by atoms with Gasteiger partial charge in [0.05, 0.1) is 12.6 Å². The van der Waals surface area contributed by atoms with E-state index in [4.69, 9.17) is 9.78 Å². The van der Waals surface area contributed by atoms with E-state index in [1.165, 1.54) is 0 Å². The second kappa shape index (κ2) is 8.97.